The van der Waals surface area contributed by atoms with Gasteiger partial charge in [0, 0.05) is 29.3 Å². The molecule has 0 saturated carbocycles. The quantitative estimate of drug-likeness (QED) is 0.916. The van der Waals surface area contributed by atoms with Crippen LogP contribution in [0.2, 0.25) is 0 Å². The predicted octanol–water partition coefficient (Wildman–Crippen LogP) is 3.39. The monoisotopic (exact) mass is 304 g/mol. The van der Waals surface area contributed by atoms with Crippen LogP contribution in [0.3, 0.4) is 0 Å². The molecule has 0 aliphatic rings. The molecule has 1 unspecified atom stereocenters. The van der Waals surface area contributed by atoms with Crippen molar-refractivity contribution in [3.05, 3.63) is 64.4 Å². The Labute approximate surface area is 117 Å². The Kier molecular flexibility index (Phi) is 4.90. The molecule has 0 spiro atoms. The molecule has 3 heteroatoms. The van der Waals surface area contributed by atoms with Gasteiger partial charge in [0.05, 0.1) is 0 Å². The Bertz CT molecular complexity index is 485. The number of halogens is 1. The fourth-order valence-corrected chi connectivity index (χ4v) is 2.54. The van der Waals surface area contributed by atoms with Crippen LogP contribution in [0.25, 0.3) is 0 Å². The lowest BCUT2D eigenvalue weighted by Gasteiger charge is -2.17. The first-order valence-electron chi connectivity index (χ1n) is 6.08. The van der Waals surface area contributed by atoms with Gasteiger partial charge in [-0.25, -0.2) is 0 Å². The summed E-state index contributed by atoms with van der Waals surface area (Å²) in [5, 5.41) is 3.27. The van der Waals surface area contributed by atoms with E-state index in [2.05, 4.69) is 62.6 Å². The summed E-state index contributed by atoms with van der Waals surface area (Å²) in [4.78, 5) is 4.22. The smallest absolute Gasteiger partial charge is 0.0410 e. The number of hydrogen-bond acceptors (Lipinski definition) is 2. The van der Waals surface area contributed by atoms with Crippen molar-refractivity contribution in [1.29, 1.82) is 0 Å². The standard InChI is InChI=1S/C15H17BrN2/c1-17-10-14(13-5-3-2-4-6-13)7-12-8-15(16)11-18-9-12/h2-6,8-9,11,14,17H,7,10H2,1H3. The summed E-state index contributed by atoms with van der Waals surface area (Å²) in [5.74, 6) is 0.479. The maximum atomic E-state index is 4.22. The molecule has 0 bridgehead atoms. The van der Waals surface area contributed by atoms with E-state index in [0.29, 0.717) is 5.92 Å². The summed E-state index contributed by atoms with van der Waals surface area (Å²) in [6.07, 6.45) is 4.76. The zero-order chi connectivity index (χ0) is 12.8. The van der Waals surface area contributed by atoms with Crippen LogP contribution in [0.4, 0.5) is 0 Å². The first-order valence-corrected chi connectivity index (χ1v) is 6.88. The fraction of sp³-hybridized carbons (Fsp3) is 0.267. The van der Waals surface area contributed by atoms with Gasteiger partial charge in [0.15, 0.2) is 0 Å². The maximum absolute atomic E-state index is 4.22. The maximum Gasteiger partial charge on any atom is 0.0410 e. The first kappa shape index (κ1) is 13.2. The zero-order valence-corrected chi connectivity index (χ0v) is 12.0. The van der Waals surface area contributed by atoms with Crippen LogP contribution in [0.1, 0.15) is 17.0 Å². The fourth-order valence-electron chi connectivity index (χ4n) is 2.13. The second kappa shape index (κ2) is 6.66. The molecule has 2 aromatic rings. The second-order valence-corrected chi connectivity index (χ2v) is 5.30. The molecule has 1 heterocycles. The highest BCUT2D eigenvalue weighted by Gasteiger charge is 2.11. The molecule has 0 radical (unpaired) electrons. The molecule has 1 aromatic carbocycles. The molecular formula is C15H17BrN2. The van der Waals surface area contributed by atoms with E-state index < -0.39 is 0 Å². The Morgan fingerprint density at radius 3 is 2.67 bits per heavy atom. The van der Waals surface area contributed by atoms with Gasteiger partial charge < -0.3 is 5.32 Å². The van der Waals surface area contributed by atoms with Gasteiger partial charge in [0.1, 0.15) is 0 Å². The van der Waals surface area contributed by atoms with Crippen LogP contribution in [0, 0.1) is 0 Å². The van der Waals surface area contributed by atoms with E-state index in [1.54, 1.807) is 0 Å². The van der Waals surface area contributed by atoms with E-state index in [1.807, 2.05) is 19.4 Å². The van der Waals surface area contributed by atoms with Crippen LogP contribution >= 0.6 is 15.9 Å². The van der Waals surface area contributed by atoms with E-state index in [-0.39, 0.29) is 0 Å². The molecular weight excluding hydrogens is 288 g/mol. The Morgan fingerprint density at radius 1 is 1.22 bits per heavy atom. The molecule has 1 N–H and O–H groups in total. The largest absolute Gasteiger partial charge is 0.319 e. The van der Waals surface area contributed by atoms with Crippen molar-refractivity contribution < 1.29 is 0 Å². The van der Waals surface area contributed by atoms with Gasteiger partial charge in [-0.15, -0.1) is 0 Å². The average molecular weight is 305 g/mol. The zero-order valence-electron chi connectivity index (χ0n) is 10.4. The van der Waals surface area contributed by atoms with E-state index in [0.717, 1.165) is 17.4 Å². The topological polar surface area (TPSA) is 24.9 Å². The molecule has 0 aliphatic carbocycles. The molecule has 0 saturated heterocycles. The number of rotatable bonds is 5. The van der Waals surface area contributed by atoms with Crippen molar-refractivity contribution in [2.75, 3.05) is 13.6 Å². The minimum absolute atomic E-state index is 0.479. The minimum Gasteiger partial charge on any atom is -0.319 e. The van der Waals surface area contributed by atoms with Crippen LogP contribution in [-0.2, 0) is 6.42 Å². The highest BCUT2D eigenvalue weighted by atomic mass is 79.9. The summed E-state index contributed by atoms with van der Waals surface area (Å²) in [6, 6.07) is 12.8. The van der Waals surface area contributed by atoms with Crippen molar-refractivity contribution in [2.24, 2.45) is 0 Å². The third-order valence-corrected chi connectivity index (χ3v) is 3.40. The Morgan fingerprint density at radius 2 is 2.00 bits per heavy atom. The van der Waals surface area contributed by atoms with Gasteiger partial charge in [-0.2, -0.15) is 0 Å². The number of aromatic nitrogens is 1. The lowest BCUT2D eigenvalue weighted by Crippen LogP contribution is -2.19. The molecule has 18 heavy (non-hydrogen) atoms. The lowest BCUT2D eigenvalue weighted by molar-refractivity contribution is 0.624. The Hall–Kier alpha value is -1.19. The number of hydrogen-bond donors (Lipinski definition) is 1. The highest BCUT2D eigenvalue weighted by Crippen LogP contribution is 2.21. The molecule has 0 amide bonds. The minimum atomic E-state index is 0.479. The van der Waals surface area contributed by atoms with Gasteiger partial charge in [-0.3, -0.25) is 4.98 Å². The van der Waals surface area contributed by atoms with Crippen molar-refractivity contribution in [1.82, 2.24) is 10.3 Å². The SMILES string of the molecule is CNCC(Cc1cncc(Br)c1)c1ccccc1. The summed E-state index contributed by atoms with van der Waals surface area (Å²) in [7, 11) is 2.00. The van der Waals surface area contributed by atoms with E-state index >= 15 is 0 Å². The number of likely N-dealkylation sites (N-methyl/N-ethyl adjacent to an activating group) is 1. The van der Waals surface area contributed by atoms with Gasteiger partial charge in [0.25, 0.3) is 0 Å². The van der Waals surface area contributed by atoms with Crippen molar-refractivity contribution in [2.45, 2.75) is 12.3 Å². The van der Waals surface area contributed by atoms with E-state index in [1.165, 1.54) is 11.1 Å². The lowest BCUT2D eigenvalue weighted by atomic mass is 9.92. The van der Waals surface area contributed by atoms with Crippen LogP contribution < -0.4 is 5.32 Å². The number of nitrogens with zero attached hydrogens (tertiary/aromatic N) is 1. The van der Waals surface area contributed by atoms with Gasteiger partial charge in [0.2, 0.25) is 0 Å². The molecule has 94 valence electrons. The average Bonchev–Trinajstić information content (AvgIpc) is 2.39. The Balaban J connectivity index is 2.16. The van der Waals surface area contributed by atoms with Crippen LogP contribution in [-0.4, -0.2) is 18.6 Å². The first-order chi connectivity index (χ1) is 8.79. The van der Waals surface area contributed by atoms with E-state index in [9.17, 15) is 0 Å². The van der Waals surface area contributed by atoms with Crippen molar-refractivity contribution in [3.63, 3.8) is 0 Å². The van der Waals surface area contributed by atoms with Gasteiger partial charge in [-0.05, 0) is 46.6 Å². The number of pyridine rings is 1. The van der Waals surface area contributed by atoms with Crippen molar-refractivity contribution >= 4 is 15.9 Å². The molecule has 2 rings (SSSR count). The molecule has 2 nitrogen and oxygen atoms in total. The summed E-state index contributed by atoms with van der Waals surface area (Å²) in [6.45, 7) is 0.969. The van der Waals surface area contributed by atoms with Crippen molar-refractivity contribution in [3.8, 4) is 0 Å². The number of nitrogens with one attached hydrogen (secondary N) is 1. The van der Waals surface area contributed by atoms with Crippen LogP contribution in [0.5, 0.6) is 0 Å². The highest BCUT2D eigenvalue weighted by molar-refractivity contribution is 9.10. The normalized spacial score (nSPS) is 12.3. The molecule has 0 fully saturated rings. The van der Waals surface area contributed by atoms with Crippen LogP contribution in [0.15, 0.2) is 53.3 Å². The van der Waals surface area contributed by atoms with E-state index in [4.69, 9.17) is 0 Å². The van der Waals surface area contributed by atoms with Gasteiger partial charge in [-0.1, -0.05) is 30.3 Å². The van der Waals surface area contributed by atoms with Gasteiger partial charge >= 0.3 is 0 Å². The summed E-state index contributed by atoms with van der Waals surface area (Å²) >= 11 is 3.47. The predicted molar refractivity (Wildman–Crippen MR) is 78.8 cm³/mol. The third kappa shape index (κ3) is 3.65. The third-order valence-electron chi connectivity index (χ3n) is 2.97. The molecule has 0 aliphatic heterocycles. The summed E-state index contributed by atoms with van der Waals surface area (Å²) in [5.41, 5.74) is 2.63. The summed E-state index contributed by atoms with van der Waals surface area (Å²) < 4.78 is 1.04. The molecule has 1 atom stereocenters. The second-order valence-electron chi connectivity index (χ2n) is 4.38. The molecule has 1 aromatic heterocycles. The number of benzene rings is 1.